The smallest absolute Gasteiger partial charge is 0.251 e. The lowest BCUT2D eigenvalue weighted by Gasteiger charge is -2.31. The van der Waals surface area contributed by atoms with Crippen molar-refractivity contribution in [2.45, 2.75) is 37.2 Å². The number of likely N-dealkylation sites (tertiary alicyclic amines) is 1. The van der Waals surface area contributed by atoms with Gasteiger partial charge in [0.05, 0.1) is 5.02 Å². The van der Waals surface area contributed by atoms with Gasteiger partial charge < -0.3 is 10.2 Å². The van der Waals surface area contributed by atoms with Gasteiger partial charge in [-0.2, -0.15) is 4.31 Å². The summed E-state index contributed by atoms with van der Waals surface area (Å²) in [6.07, 6.45) is 3.76. The normalized spacial score (nSPS) is 18.6. The highest BCUT2D eigenvalue weighted by atomic mass is 35.5. The molecule has 2 saturated heterocycles. The molecule has 2 aromatic carbocycles. The van der Waals surface area contributed by atoms with Crippen molar-refractivity contribution >= 4 is 27.5 Å². The summed E-state index contributed by atoms with van der Waals surface area (Å²) >= 11 is 6.27. The maximum Gasteiger partial charge on any atom is 0.251 e. The van der Waals surface area contributed by atoms with Crippen LogP contribution in [-0.4, -0.2) is 74.7 Å². The minimum Gasteiger partial charge on any atom is -0.348 e. The first-order valence-electron chi connectivity index (χ1n) is 11.9. The molecular formula is C25H33ClN4O3S. The summed E-state index contributed by atoms with van der Waals surface area (Å²) in [5.41, 5.74) is 2.56. The van der Waals surface area contributed by atoms with Crippen LogP contribution in [0.15, 0.2) is 47.4 Å². The van der Waals surface area contributed by atoms with Crippen LogP contribution in [0.4, 0.5) is 0 Å². The molecule has 0 bridgehead atoms. The van der Waals surface area contributed by atoms with E-state index >= 15 is 0 Å². The van der Waals surface area contributed by atoms with Gasteiger partial charge >= 0.3 is 0 Å². The van der Waals surface area contributed by atoms with Gasteiger partial charge in [-0.25, -0.2) is 8.42 Å². The van der Waals surface area contributed by atoms with E-state index < -0.39 is 10.0 Å². The summed E-state index contributed by atoms with van der Waals surface area (Å²) in [6.45, 7) is 5.60. The summed E-state index contributed by atoms with van der Waals surface area (Å²) in [4.78, 5) is 17.5. The van der Waals surface area contributed by atoms with Gasteiger partial charge in [0.25, 0.3) is 5.91 Å². The molecule has 0 radical (unpaired) electrons. The number of hydrogen-bond donors (Lipinski definition) is 1. The zero-order chi connectivity index (χ0) is 24.1. The van der Waals surface area contributed by atoms with Crippen LogP contribution in [0.2, 0.25) is 5.02 Å². The number of carbonyl (C=O) groups is 1. The molecular weight excluding hydrogens is 472 g/mol. The van der Waals surface area contributed by atoms with E-state index in [9.17, 15) is 13.2 Å². The van der Waals surface area contributed by atoms with E-state index in [0.29, 0.717) is 32.7 Å². The Balaban J connectivity index is 1.45. The molecule has 184 valence electrons. The fraction of sp³-hybridized carbons (Fsp3) is 0.480. The van der Waals surface area contributed by atoms with Crippen LogP contribution < -0.4 is 5.32 Å². The summed E-state index contributed by atoms with van der Waals surface area (Å²) in [5.74, 6) is -0.320. The van der Waals surface area contributed by atoms with E-state index in [1.807, 2.05) is 25.2 Å². The Labute approximate surface area is 207 Å². The monoisotopic (exact) mass is 504 g/mol. The number of likely N-dealkylation sites (N-methyl/N-ethyl adjacent to an activating group) is 1. The van der Waals surface area contributed by atoms with Crippen LogP contribution in [0.5, 0.6) is 0 Å². The molecule has 7 nitrogen and oxygen atoms in total. The predicted octanol–water partition coefficient (Wildman–Crippen LogP) is 3.19. The molecule has 1 amide bonds. The lowest BCUT2D eigenvalue weighted by Crippen LogP contribution is -2.47. The van der Waals surface area contributed by atoms with Crippen LogP contribution in [0, 0.1) is 0 Å². The number of rotatable bonds is 7. The van der Waals surface area contributed by atoms with E-state index in [-0.39, 0.29) is 21.4 Å². The van der Waals surface area contributed by atoms with Crippen molar-refractivity contribution in [2.75, 3.05) is 46.3 Å². The number of sulfonamides is 1. The molecule has 2 aliphatic heterocycles. The van der Waals surface area contributed by atoms with Crippen LogP contribution >= 0.6 is 11.6 Å². The van der Waals surface area contributed by atoms with E-state index in [2.05, 4.69) is 21.2 Å². The zero-order valence-corrected chi connectivity index (χ0v) is 21.2. The second kappa shape index (κ2) is 11.2. The van der Waals surface area contributed by atoms with E-state index in [1.54, 1.807) is 6.07 Å². The first-order valence-corrected chi connectivity index (χ1v) is 13.7. The molecule has 4 rings (SSSR count). The van der Waals surface area contributed by atoms with Gasteiger partial charge in [0.2, 0.25) is 10.0 Å². The average Bonchev–Trinajstić information content (AvgIpc) is 2.84. The van der Waals surface area contributed by atoms with Gasteiger partial charge in [0.1, 0.15) is 4.90 Å². The molecule has 0 saturated carbocycles. The lowest BCUT2D eigenvalue weighted by atomic mass is 10.0. The third kappa shape index (κ3) is 5.98. The summed E-state index contributed by atoms with van der Waals surface area (Å²) in [5, 5.41) is 3.09. The highest BCUT2D eigenvalue weighted by molar-refractivity contribution is 7.89. The molecule has 0 unspecified atom stereocenters. The van der Waals surface area contributed by atoms with E-state index in [0.717, 1.165) is 25.2 Å². The maximum absolute atomic E-state index is 13.2. The zero-order valence-electron chi connectivity index (χ0n) is 19.7. The third-order valence-electron chi connectivity index (χ3n) is 6.67. The number of nitrogens with one attached hydrogen (secondary N) is 1. The summed E-state index contributed by atoms with van der Waals surface area (Å²) in [7, 11) is -1.81. The first-order chi connectivity index (χ1) is 16.3. The van der Waals surface area contributed by atoms with Crippen LogP contribution in [0.1, 0.15) is 40.7 Å². The number of piperazine rings is 1. The molecule has 9 heteroatoms. The SMILES string of the molecule is CN1CCN(S(=O)(=O)c2cc(C(=O)NCc3ccccc3CN3CCCCC3)ccc2Cl)CC1. The molecule has 34 heavy (non-hydrogen) atoms. The first kappa shape index (κ1) is 25.1. The molecule has 2 aliphatic rings. The van der Waals surface area contributed by atoms with Crippen LogP contribution in [0.3, 0.4) is 0 Å². The van der Waals surface area contributed by atoms with E-state index in [1.165, 1.54) is 41.3 Å². The number of carbonyl (C=O) groups excluding carboxylic acids is 1. The van der Waals surface area contributed by atoms with Crippen molar-refractivity contribution in [3.05, 3.63) is 64.2 Å². The maximum atomic E-state index is 13.2. The highest BCUT2D eigenvalue weighted by Gasteiger charge is 2.30. The Morgan fingerprint density at radius 3 is 2.32 bits per heavy atom. The Bertz CT molecular complexity index is 1110. The number of amides is 1. The Hall–Kier alpha value is -1.97. The largest absolute Gasteiger partial charge is 0.348 e. The number of benzene rings is 2. The van der Waals surface area contributed by atoms with Gasteiger partial charge in [-0.1, -0.05) is 42.3 Å². The summed E-state index contributed by atoms with van der Waals surface area (Å²) in [6, 6.07) is 12.6. The molecule has 0 aromatic heterocycles. The van der Waals surface area contributed by atoms with Crippen molar-refractivity contribution in [3.8, 4) is 0 Å². The van der Waals surface area contributed by atoms with Crippen molar-refractivity contribution < 1.29 is 13.2 Å². The van der Waals surface area contributed by atoms with E-state index in [4.69, 9.17) is 11.6 Å². The number of hydrogen-bond acceptors (Lipinski definition) is 5. The topological polar surface area (TPSA) is 73.0 Å². The highest BCUT2D eigenvalue weighted by Crippen LogP contribution is 2.27. The second-order valence-corrected chi connectivity index (χ2v) is 11.5. The van der Waals surface area contributed by atoms with Gasteiger partial charge in [0.15, 0.2) is 0 Å². The predicted molar refractivity (Wildman–Crippen MR) is 134 cm³/mol. The van der Waals surface area contributed by atoms with Gasteiger partial charge in [0, 0.05) is 44.8 Å². The quantitative estimate of drug-likeness (QED) is 0.627. The number of halogens is 1. The van der Waals surface area contributed by atoms with Gasteiger partial charge in [-0.3, -0.25) is 9.69 Å². The molecule has 0 aliphatic carbocycles. The molecule has 1 N–H and O–H groups in total. The summed E-state index contributed by atoms with van der Waals surface area (Å²) < 4.78 is 27.8. The van der Waals surface area contributed by atoms with Crippen molar-refractivity contribution in [1.29, 1.82) is 0 Å². The minimum atomic E-state index is -3.77. The fourth-order valence-corrected chi connectivity index (χ4v) is 6.45. The molecule has 2 heterocycles. The molecule has 2 fully saturated rings. The Kier molecular flexibility index (Phi) is 8.26. The molecule has 0 atom stereocenters. The Morgan fingerprint density at radius 2 is 1.62 bits per heavy atom. The minimum absolute atomic E-state index is 0.0168. The van der Waals surface area contributed by atoms with Crippen molar-refractivity contribution in [2.24, 2.45) is 0 Å². The third-order valence-corrected chi connectivity index (χ3v) is 9.05. The van der Waals surface area contributed by atoms with Gasteiger partial charge in [-0.15, -0.1) is 0 Å². The fourth-order valence-electron chi connectivity index (χ4n) is 4.53. The second-order valence-electron chi connectivity index (χ2n) is 9.14. The lowest BCUT2D eigenvalue weighted by molar-refractivity contribution is 0.0950. The molecule has 2 aromatic rings. The van der Waals surface area contributed by atoms with Crippen molar-refractivity contribution in [3.63, 3.8) is 0 Å². The van der Waals surface area contributed by atoms with Crippen LogP contribution in [0.25, 0.3) is 0 Å². The van der Waals surface area contributed by atoms with Crippen molar-refractivity contribution in [1.82, 2.24) is 19.4 Å². The number of nitrogens with zero attached hydrogens (tertiary/aromatic N) is 3. The Morgan fingerprint density at radius 1 is 0.941 bits per heavy atom. The standard InChI is InChI=1S/C25H33ClN4O3S/c1-28-13-15-30(16-14-28)34(32,33)24-17-20(9-10-23(24)26)25(31)27-18-21-7-3-4-8-22(21)19-29-11-5-2-6-12-29/h3-4,7-10,17H,2,5-6,11-16,18-19H2,1H3,(H,27,31). The molecule has 0 spiro atoms. The number of piperidine rings is 1. The average molecular weight is 505 g/mol. The van der Waals surface area contributed by atoms with Gasteiger partial charge in [-0.05, 0) is 62.3 Å². The van der Waals surface area contributed by atoms with Crippen LogP contribution in [-0.2, 0) is 23.1 Å².